The Hall–Kier alpha value is -4.87. The number of nitrogens with one attached hydrogen (secondary N) is 2. The highest BCUT2D eigenvalue weighted by atomic mass is 35.5. The van der Waals surface area contributed by atoms with Crippen LogP contribution in [-0.4, -0.2) is 86.7 Å². The monoisotopic (exact) mass is 819 g/mol. The van der Waals surface area contributed by atoms with E-state index in [1.54, 1.807) is 17.3 Å². The Balaban J connectivity index is 0.000000303. The lowest BCUT2D eigenvalue weighted by Crippen LogP contribution is -2.58. The maximum atomic E-state index is 13.0. The second-order valence-electron chi connectivity index (χ2n) is 15.5. The Morgan fingerprint density at radius 2 is 1.18 bits per heavy atom. The molecule has 2 unspecified atom stereocenters. The summed E-state index contributed by atoms with van der Waals surface area (Å²) < 4.78 is 5.55. The van der Waals surface area contributed by atoms with Crippen molar-refractivity contribution in [3.63, 3.8) is 0 Å². The van der Waals surface area contributed by atoms with Crippen molar-refractivity contribution in [3.8, 4) is 0 Å². The van der Waals surface area contributed by atoms with Gasteiger partial charge in [0.15, 0.2) is 0 Å². The van der Waals surface area contributed by atoms with Gasteiger partial charge in [-0.25, -0.2) is 14.4 Å². The molecule has 0 aliphatic carbocycles. The summed E-state index contributed by atoms with van der Waals surface area (Å²) in [6, 6.07) is 23.8. The predicted molar refractivity (Wildman–Crippen MR) is 233 cm³/mol. The summed E-state index contributed by atoms with van der Waals surface area (Å²) >= 11 is 0. The largest absolute Gasteiger partial charge is 0.444 e. The minimum absolute atomic E-state index is 0. The summed E-state index contributed by atoms with van der Waals surface area (Å²) in [5, 5.41) is 6.03. The summed E-state index contributed by atoms with van der Waals surface area (Å²) in [5.41, 5.74) is 5.75. The van der Waals surface area contributed by atoms with Crippen molar-refractivity contribution in [1.82, 2.24) is 24.7 Å². The van der Waals surface area contributed by atoms with Crippen LogP contribution in [0.5, 0.6) is 0 Å². The van der Waals surface area contributed by atoms with E-state index in [-0.39, 0.29) is 49.0 Å². The second kappa shape index (κ2) is 22.8. The third kappa shape index (κ3) is 15.2. The quantitative estimate of drug-likeness (QED) is 0.183. The van der Waals surface area contributed by atoms with E-state index in [1.807, 2.05) is 124 Å². The first-order valence-corrected chi connectivity index (χ1v) is 19.5. The van der Waals surface area contributed by atoms with Gasteiger partial charge >= 0.3 is 18.2 Å². The maximum Gasteiger partial charge on any atom is 0.410 e. The van der Waals surface area contributed by atoms with E-state index in [0.29, 0.717) is 25.7 Å². The molecule has 0 saturated carbocycles. The van der Waals surface area contributed by atoms with Gasteiger partial charge in [0.25, 0.3) is 0 Å². The zero-order valence-corrected chi connectivity index (χ0v) is 35.5. The number of rotatable bonds is 8. The number of nitrogens with zero attached hydrogens (tertiary/aromatic N) is 5. The van der Waals surface area contributed by atoms with Crippen LogP contribution in [0.15, 0.2) is 97.6 Å². The van der Waals surface area contributed by atoms with Gasteiger partial charge in [0.1, 0.15) is 5.60 Å². The van der Waals surface area contributed by atoms with Crippen molar-refractivity contribution in [2.45, 2.75) is 97.2 Å². The Morgan fingerprint density at radius 3 is 1.65 bits per heavy atom. The van der Waals surface area contributed by atoms with Crippen molar-refractivity contribution in [2.75, 3.05) is 36.8 Å². The van der Waals surface area contributed by atoms with Crippen LogP contribution in [-0.2, 0) is 17.6 Å². The fourth-order valence-electron chi connectivity index (χ4n) is 6.85. The zero-order valence-electron chi connectivity index (χ0n) is 33.9. The molecule has 2 N–H and O–H groups in total. The maximum absolute atomic E-state index is 13.0. The number of piperazine rings is 1. The summed E-state index contributed by atoms with van der Waals surface area (Å²) in [6.07, 6.45) is 13.8. The lowest BCUT2D eigenvalue weighted by molar-refractivity contribution is 0.00908. The van der Waals surface area contributed by atoms with E-state index >= 15 is 0 Å². The van der Waals surface area contributed by atoms with E-state index in [2.05, 4.69) is 26.7 Å². The van der Waals surface area contributed by atoms with Gasteiger partial charge in [0.2, 0.25) is 0 Å². The van der Waals surface area contributed by atoms with Crippen molar-refractivity contribution in [3.05, 3.63) is 120 Å². The van der Waals surface area contributed by atoms with Gasteiger partial charge in [-0.1, -0.05) is 47.5 Å². The summed E-state index contributed by atoms with van der Waals surface area (Å²) in [7, 11) is 0. The number of carbonyl (C=O) groups excluding carboxylic acids is 3. The topological polar surface area (TPSA) is 120 Å². The molecule has 6 rings (SSSR count). The number of piperidine rings is 1. The highest BCUT2D eigenvalue weighted by Gasteiger charge is 2.34. The van der Waals surface area contributed by atoms with E-state index in [0.717, 1.165) is 67.6 Å². The molecule has 57 heavy (non-hydrogen) atoms. The molecule has 2 atom stereocenters. The molecule has 0 radical (unpaired) electrons. The molecule has 308 valence electrons. The number of hydrogen-bond donors (Lipinski definition) is 2. The number of aryl methyl sites for hydroxylation is 4. The SMILES string of the molecule is Cc1ccc(NC(=O)N2CCCCC2CCc2cccnc2)cc1.Cc1ccc(NC(=O)N2CCN(C(=O)OC(C)(C)C)CC2CCc2cccnc2)cc1.Cl.Cl. The average Bonchev–Trinajstić information content (AvgIpc) is 3.18. The predicted octanol–water partition coefficient (Wildman–Crippen LogP) is 9.73. The molecule has 5 amide bonds. The number of amides is 5. The van der Waals surface area contributed by atoms with Crippen molar-refractivity contribution in [2.24, 2.45) is 0 Å². The second-order valence-corrected chi connectivity index (χ2v) is 15.5. The highest BCUT2D eigenvalue weighted by Crippen LogP contribution is 2.24. The number of halogens is 2. The van der Waals surface area contributed by atoms with E-state index in [4.69, 9.17) is 4.74 Å². The van der Waals surface area contributed by atoms with Crippen LogP contribution in [0, 0.1) is 13.8 Å². The molecular weight excluding hydrogens is 761 g/mol. The van der Waals surface area contributed by atoms with E-state index < -0.39 is 5.60 Å². The Morgan fingerprint density at radius 1 is 0.684 bits per heavy atom. The van der Waals surface area contributed by atoms with Gasteiger partial charge in [-0.15, -0.1) is 24.8 Å². The Kier molecular flexibility index (Phi) is 18.6. The van der Waals surface area contributed by atoms with Crippen LogP contribution in [0.25, 0.3) is 0 Å². The first kappa shape index (κ1) is 46.5. The highest BCUT2D eigenvalue weighted by molar-refractivity contribution is 5.90. The number of carbonyl (C=O) groups is 3. The normalized spacial score (nSPS) is 16.5. The number of hydrogen-bond acceptors (Lipinski definition) is 6. The number of aromatic nitrogens is 2. The Labute approximate surface area is 350 Å². The van der Waals surface area contributed by atoms with Gasteiger partial charge in [0, 0.05) is 68.4 Å². The minimum Gasteiger partial charge on any atom is -0.444 e. The number of anilines is 2. The molecule has 4 aromatic rings. The van der Waals surface area contributed by atoms with Gasteiger partial charge in [-0.2, -0.15) is 0 Å². The number of likely N-dealkylation sites (tertiary alicyclic amines) is 1. The minimum atomic E-state index is -0.553. The van der Waals surface area contributed by atoms with E-state index in [9.17, 15) is 14.4 Å². The first-order valence-electron chi connectivity index (χ1n) is 19.5. The lowest BCUT2D eigenvalue weighted by Gasteiger charge is -2.41. The summed E-state index contributed by atoms with van der Waals surface area (Å²) in [5.74, 6) is 0. The molecule has 2 aromatic carbocycles. The number of benzene rings is 2. The van der Waals surface area contributed by atoms with E-state index in [1.165, 1.54) is 17.5 Å². The summed E-state index contributed by atoms with van der Waals surface area (Å²) in [4.78, 5) is 52.2. The van der Waals surface area contributed by atoms with Crippen LogP contribution < -0.4 is 10.6 Å². The van der Waals surface area contributed by atoms with Crippen LogP contribution in [0.3, 0.4) is 0 Å². The fourth-order valence-corrected chi connectivity index (χ4v) is 6.85. The Bertz CT molecular complexity index is 1810. The standard InChI is InChI=1S/C24H32N4O3.C20H25N3O.2ClH/c1-18-7-10-20(11-8-18)26-22(29)28-15-14-27(23(30)31-24(2,3)4)17-21(28)12-9-19-6-5-13-25-16-19;1-16-7-10-18(11-8-16)22-20(24)23-14-3-2-6-19(23)12-9-17-5-4-13-21-15-17;;/h5-8,10-11,13,16,21H,9,12,14-15,17H2,1-4H3,(H,26,29);4-5,7-8,10-11,13,15,19H,2-3,6,9,12,14H2,1H3,(H,22,24);2*1H. The van der Waals surface area contributed by atoms with Gasteiger partial charge in [-0.05, 0) is 127 Å². The van der Waals surface area contributed by atoms with Crippen LogP contribution in [0.1, 0.15) is 75.1 Å². The van der Waals surface area contributed by atoms with Crippen molar-refractivity contribution < 1.29 is 19.1 Å². The molecular formula is C44H59Cl2N7O4. The molecule has 0 bridgehead atoms. The lowest BCUT2D eigenvalue weighted by atomic mass is 9.96. The van der Waals surface area contributed by atoms with Crippen LogP contribution in [0.2, 0.25) is 0 Å². The molecule has 2 fully saturated rings. The van der Waals surface area contributed by atoms with Gasteiger partial charge in [-0.3, -0.25) is 9.97 Å². The molecule has 4 heterocycles. The van der Waals surface area contributed by atoms with Crippen LogP contribution >= 0.6 is 24.8 Å². The number of urea groups is 2. The zero-order chi connectivity index (χ0) is 39.2. The fraction of sp³-hybridized carbons (Fsp3) is 0.432. The molecule has 2 aliphatic rings. The third-order valence-corrected chi connectivity index (χ3v) is 9.87. The van der Waals surface area contributed by atoms with Crippen molar-refractivity contribution in [1.29, 1.82) is 0 Å². The molecule has 13 heteroatoms. The first-order chi connectivity index (χ1) is 26.4. The molecule has 11 nitrogen and oxygen atoms in total. The molecule has 2 aromatic heterocycles. The molecule has 2 aliphatic heterocycles. The number of pyridine rings is 2. The summed E-state index contributed by atoms with van der Waals surface area (Å²) in [6.45, 7) is 11.8. The molecule has 2 saturated heterocycles. The van der Waals surface area contributed by atoms with Crippen LogP contribution in [0.4, 0.5) is 25.8 Å². The smallest absolute Gasteiger partial charge is 0.410 e. The van der Waals surface area contributed by atoms with Crippen molar-refractivity contribution >= 4 is 54.3 Å². The van der Waals surface area contributed by atoms with Gasteiger partial charge < -0.3 is 30.1 Å². The third-order valence-electron chi connectivity index (χ3n) is 9.87. The average molecular weight is 821 g/mol. The molecule has 0 spiro atoms. The number of ether oxygens (including phenoxy) is 1. The van der Waals surface area contributed by atoms with Gasteiger partial charge in [0.05, 0.1) is 6.04 Å².